The Bertz CT molecular complexity index is 408. The predicted molar refractivity (Wildman–Crippen MR) is 63.5 cm³/mol. The third-order valence-electron chi connectivity index (χ3n) is 2.19. The molecule has 0 radical (unpaired) electrons. The summed E-state index contributed by atoms with van der Waals surface area (Å²) in [5.74, 6) is 2.07. The van der Waals surface area contributed by atoms with E-state index in [9.17, 15) is 0 Å². The highest BCUT2D eigenvalue weighted by atomic mass is 32.2. The van der Waals surface area contributed by atoms with E-state index in [4.69, 9.17) is 5.73 Å². The smallest absolute Gasteiger partial charge is 0.0457 e. The number of fused-ring (bicyclic) bond motifs is 1. The minimum Gasteiger partial charge on any atom is -0.361 e. The first-order valence-corrected chi connectivity index (χ1v) is 5.90. The van der Waals surface area contributed by atoms with Crippen LogP contribution in [0.3, 0.4) is 0 Å². The van der Waals surface area contributed by atoms with Gasteiger partial charge in [-0.3, -0.25) is 0 Å². The van der Waals surface area contributed by atoms with E-state index < -0.39 is 0 Å². The van der Waals surface area contributed by atoms with Crippen LogP contribution in [0.4, 0.5) is 0 Å². The lowest BCUT2D eigenvalue weighted by Gasteiger charge is -1.97. The molecule has 0 aliphatic rings. The normalized spacial score (nSPS) is 10.9. The maximum absolute atomic E-state index is 5.45. The predicted octanol–water partition coefficient (Wildman–Crippen LogP) is 2.36. The fraction of sp³-hybridized carbons (Fsp3) is 0.273. The van der Waals surface area contributed by atoms with Crippen LogP contribution in [0.25, 0.3) is 10.9 Å². The summed E-state index contributed by atoms with van der Waals surface area (Å²) < 4.78 is 0. The average molecular weight is 206 g/mol. The summed E-state index contributed by atoms with van der Waals surface area (Å²) in [7, 11) is 0. The molecule has 1 heterocycles. The molecule has 0 aliphatic heterocycles. The molecular weight excluding hydrogens is 192 g/mol. The minimum atomic E-state index is 0.757. The van der Waals surface area contributed by atoms with Crippen molar-refractivity contribution in [3.8, 4) is 0 Å². The van der Waals surface area contributed by atoms with Crippen LogP contribution in [0, 0.1) is 0 Å². The van der Waals surface area contributed by atoms with Gasteiger partial charge in [-0.2, -0.15) is 11.8 Å². The number of hydrogen-bond acceptors (Lipinski definition) is 2. The van der Waals surface area contributed by atoms with Crippen molar-refractivity contribution in [2.24, 2.45) is 5.73 Å². The molecule has 1 aromatic carbocycles. The van der Waals surface area contributed by atoms with E-state index in [1.807, 2.05) is 11.8 Å². The SMILES string of the molecule is NCCSCc1c[nH]c2ccccc12. The van der Waals surface area contributed by atoms with Gasteiger partial charge in [-0.1, -0.05) is 18.2 Å². The zero-order chi connectivity index (χ0) is 9.80. The van der Waals surface area contributed by atoms with Gasteiger partial charge in [0.15, 0.2) is 0 Å². The Balaban J connectivity index is 2.17. The van der Waals surface area contributed by atoms with Crippen LogP contribution in [0.15, 0.2) is 30.5 Å². The van der Waals surface area contributed by atoms with Crippen LogP contribution < -0.4 is 5.73 Å². The molecule has 1 aromatic heterocycles. The van der Waals surface area contributed by atoms with Crippen LogP contribution >= 0.6 is 11.8 Å². The van der Waals surface area contributed by atoms with Crippen molar-refractivity contribution >= 4 is 22.7 Å². The maximum Gasteiger partial charge on any atom is 0.0457 e. The highest BCUT2D eigenvalue weighted by molar-refractivity contribution is 7.98. The summed E-state index contributed by atoms with van der Waals surface area (Å²) in [6.07, 6.45) is 2.09. The van der Waals surface area contributed by atoms with Gasteiger partial charge >= 0.3 is 0 Å². The summed E-state index contributed by atoms with van der Waals surface area (Å²) in [5.41, 5.74) is 8.04. The first kappa shape index (κ1) is 9.62. The third-order valence-corrected chi connectivity index (χ3v) is 3.23. The van der Waals surface area contributed by atoms with Gasteiger partial charge in [0, 0.05) is 35.2 Å². The molecule has 0 unspecified atom stereocenters. The number of H-pyrrole nitrogens is 1. The number of aromatic amines is 1. The summed E-state index contributed by atoms with van der Waals surface area (Å²) in [5, 5.41) is 1.33. The van der Waals surface area contributed by atoms with Crippen molar-refractivity contribution in [3.05, 3.63) is 36.0 Å². The number of aromatic nitrogens is 1. The van der Waals surface area contributed by atoms with Gasteiger partial charge in [0.05, 0.1) is 0 Å². The third kappa shape index (κ3) is 1.94. The topological polar surface area (TPSA) is 41.8 Å². The standard InChI is InChI=1S/C11H14N2S/c12-5-6-14-8-9-7-13-11-4-2-1-3-10(9)11/h1-4,7,13H,5-6,8,12H2. The van der Waals surface area contributed by atoms with Crippen molar-refractivity contribution in [2.75, 3.05) is 12.3 Å². The molecule has 3 heteroatoms. The number of thioether (sulfide) groups is 1. The van der Waals surface area contributed by atoms with Gasteiger partial charge in [0.2, 0.25) is 0 Å². The number of rotatable bonds is 4. The Hall–Kier alpha value is -0.930. The number of benzene rings is 1. The van der Waals surface area contributed by atoms with Gasteiger partial charge in [-0.05, 0) is 11.6 Å². The lowest BCUT2D eigenvalue weighted by Crippen LogP contribution is -2.01. The van der Waals surface area contributed by atoms with Gasteiger partial charge in [-0.15, -0.1) is 0 Å². The quantitative estimate of drug-likeness (QED) is 0.754. The monoisotopic (exact) mass is 206 g/mol. The molecule has 0 saturated carbocycles. The fourth-order valence-electron chi connectivity index (χ4n) is 1.52. The molecule has 2 rings (SSSR count). The number of para-hydroxylation sites is 1. The van der Waals surface area contributed by atoms with E-state index in [2.05, 4.69) is 35.4 Å². The zero-order valence-electron chi connectivity index (χ0n) is 7.99. The van der Waals surface area contributed by atoms with E-state index in [-0.39, 0.29) is 0 Å². The van der Waals surface area contributed by atoms with Gasteiger partial charge in [0.25, 0.3) is 0 Å². The molecule has 74 valence electrons. The Morgan fingerprint density at radius 1 is 1.29 bits per heavy atom. The van der Waals surface area contributed by atoms with E-state index in [0.29, 0.717) is 0 Å². The second kappa shape index (κ2) is 4.53. The first-order valence-electron chi connectivity index (χ1n) is 4.74. The second-order valence-electron chi connectivity index (χ2n) is 3.20. The van der Waals surface area contributed by atoms with E-state index in [1.165, 1.54) is 16.5 Å². The minimum absolute atomic E-state index is 0.757. The van der Waals surface area contributed by atoms with Crippen LogP contribution in [0.1, 0.15) is 5.56 Å². The molecule has 3 N–H and O–H groups in total. The molecule has 2 aromatic rings. The van der Waals surface area contributed by atoms with Crippen molar-refractivity contribution in [1.82, 2.24) is 4.98 Å². The molecule has 0 saturated heterocycles. The van der Waals surface area contributed by atoms with Gasteiger partial charge in [0.1, 0.15) is 0 Å². The van der Waals surface area contributed by atoms with Gasteiger partial charge < -0.3 is 10.7 Å². The largest absolute Gasteiger partial charge is 0.361 e. The van der Waals surface area contributed by atoms with Crippen molar-refractivity contribution in [1.29, 1.82) is 0 Å². The molecule has 0 spiro atoms. The van der Waals surface area contributed by atoms with E-state index in [0.717, 1.165) is 18.1 Å². The van der Waals surface area contributed by atoms with E-state index >= 15 is 0 Å². The highest BCUT2D eigenvalue weighted by Crippen LogP contribution is 2.21. The number of nitrogens with two attached hydrogens (primary N) is 1. The molecule has 0 fully saturated rings. The summed E-state index contributed by atoms with van der Waals surface area (Å²) in [6.45, 7) is 0.757. The molecule has 0 amide bonds. The second-order valence-corrected chi connectivity index (χ2v) is 4.31. The summed E-state index contributed by atoms with van der Waals surface area (Å²) in [4.78, 5) is 3.27. The Kier molecular flexibility index (Phi) is 3.11. The summed E-state index contributed by atoms with van der Waals surface area (Å²) >= 11 is 1.88. The van der Waals surface area contributed by atoms with Crippen LogP contribution in [-0.2, 0) is 5.75 Å². The highest BCUT2D eigenvalue weighted by Gasteiger charge is 2.01. The Morgan fingerprint density at radius 2 is 2.14 bits per heavy atom. The number of hydrogen-bond donors (Lipinski definition) is 2. The molecular formula is C11H14N2S. The van der Waals surface area contributed by atoms with Gasteiger partial charge in [-0.25, -0.2) is 0 Å². The molecule has 0 bridgehead atoms. The fourth-order valence-corrected chi connectivity index (χ4v) is 2.29. The van der Waals surface area contributed by atoms with Crippen LogP contribution in [0.2, 0.25) is 0 Å². The lowest BCUT2D eigenvalue weighted by atomic mass is 10.2. The van der Waals surface area contributed by atoms with Crippen LogP contribution in [-0.4, -0.2) is 17.3 Å². The molecule has 0 atom stereocenters. The van der Waals surface area contributed by atoms with E-state index in [1.54, 1.807) is 0 Å². The van der Waals surface area contributed by atoms with Crippen molar-refractivity contribution in [2.45, 2.75) is 5.75 Å². The van der Waals surface area contributed by atoms with Crippen molar-refractivity contribution in [3.63, 3.8) is 0 Å². The maximum atomic E-state index is 5.45. The molecule has 14 heavy (non-hydrogen) atoms. The zero-order valence-corrected chi connectivity index (χ0v) is 8.81. The Labute approximate surface area is 87.9 Å². The average Bonchev–Trinajstić information content (AvgIpc) is 2.63. The number of nitrogens with one attached hydrogen (secondary N) is 1. The first-order chi connectivity index (χ1) is 6.92. The Morgan fingerprint density at radius 3 is 3.00 bits per heavy atom. The molecule has 2 nitrogen and oxygen atoms in total. The lowest BCUT2D eigenvalue weighted by molar-refractivity contribution is 1.15. The van der Waals surface area contributed by atoms with Crippen LogP contribution in [0.5, 0.6) is 0 Å². The van der Waals surface area contributed by atoms with Crippen molar-refractivity contribution < 1.29 is 0 Å². The molecule has 0 aliphatic carbocycles. The summed E-state index contributed by atoms with van der Waals surface area (Å²) in [6, 6.07) is 8.39.